The lowest BCUT2D eigenvalue weighted by Crippen LogP contribution is -1.96. The molecule has 0 saturated heterocycles. The van der Waals surface area contributed by atoms with Gasteiger partial charge < -0.3 is 4.74 Å². The van der Waals surface area contributed by atoms with Gasteiger partial charge in [0.15, 0.2) is 0 Å². The lowest BCUT2D eigenvalue weighted by atomic mass is 10.4. The van der Waals surface area contributed by atoms with Crippen LogP contribution in [0.25, 0.3) is 0 Å². The fraction of sp³-hybridized carbons (Fsp3) is 0.778. The molecule has 1 aromatic rings. The molecule has 5 heteroatoms. The number of aromatic amines is 1. The predicted molar refractivity (Wildman–Crippen MR) is 55.6 cm³/mol. The topological polar surface area (TPSA) is 50.8 Å². The van der Waals surface area contributed by atoms with Crippen LogP contribution < -0.4 is 0 Å². The molecule has 4 nitrogen and oxygen atoms in total. The number of ether oxygens (including phenoxy) is 1. The van der Waals surface area contributed by atoms with Crippen LogP contribution in [0, 0.1) is 0 Å². The van der Waals surface area contributed by atoms with Crippen molar-refractivity contribution in [2.24, 2.45) is 0 Å². The van der Waals surface area contributed by atoms with E-state index in [-0.39, 0.29) is 0 Å². The standard InChI is InChI=1S/C9H15N3OS/c1-2-13-5-6-14-9-10-8(11-12-9)7-3-4-7/h7H,2-6H2,1H3,(H,10,11,12). The van der Waals surface area contributed by atoms with E-state index in [1.54, 1.807) is 11.8 Å². The average Bonchev–Trinajstić information content (AvgIpc) is 2.94. The second kappa shape index (κ2) is 4.79. The highest BCUT2D eigenvalue weighted by atomic mass is 32.2. The van der Waals surface area contributed by atoms with Crippen molar-refractivity contribution in [3.63, 3.8) is 0 Å². The monoisotopic (exact) mass is 213 g/mol. The smallest absolute Gasteiger partial charge is 0.208 e. The van der Waals surface area contributed by atoms with Crippen molar-refractivity contribution in [1.29, 1.82) is 0 Å². The summed E-state index contributed by atoms with van der Waals surface area (Å²) in [6.07, 6.45) is 2.52. The molecule has 2 rings (SSSR count). The molecule has 0 bridgehead atoms. The molecule has 0 aliphatic heterocycles. The third-order valence-electron chi connectivity index (χ3n) is 2.11. The first-order valence-corrected chi connectivity index (χ1v) is 6.01. The SMILES string of the molecule is CCOCCSc1n[nH]c(C2CC2)n1. The van der Waals surface area contributed by atoms with Gasteiger partial charge in [-0.25, -0.2) is 4.98 Å². The first-order chi connectivity index (χ1) is 6.90. The van der Waals surface area contributed by atoms with Crippen molar-refractivity contribution in [3.05, 3.63) is 5.82 Å². The molecular formula is C9H15N3OS. The van der Waals surface area contributed by atoms with Crippen molar-refractivity contribution in [3.8, 4) is 0 Å². The van der Waals surface area contributed by atoms with Crippen LogP contribution in [0.3, 0.4) is 0 Å². The van der Waals surface area contributed by atoms with Crippen LogP contribution in [0.1, 0.15) is 31.5 Å². The summed E-state index contributed by atoms with van der Waals surface area (Å²) in [5.41, 5.74) is 0. The van der Waals surface area contributed by atoms with Gasteiger partial charge in [0.1, 0.15) is 5.82 Å². The van der Waals surface area contributed by atoms with E-state index in [2.05, 4.69) is 15.2 Å². The molecule has 0 radical (unpaired) electrons. The summed E-state index contributed by atoms with van der Waals surface area (Å²) in [5.74, 6) is 2.64. The van der Waals surface area contributed by atoms with Crippen LogP contribution in [0.15, 0.2) is 5.16 Å². The maximum atomic E-state index is 5.24. The van der Waals surface area contributed by atoms with Gasteiger partial charge in [-0.2, -0.15) is 0 Å². The lowest BCUT2D eigenvalue weighted by molar-refractivity contribution is 0.164. The minimum Gasteiger partial charge on any atom is -0.381 e. The molecule has 1 aromatic heterocycles. The molecule has 0 unspecified atom stereocenters. The van der Waals surface area contributed by atoms with Crippen molar-refractivity contribution in [1.82, 2.24) is 15.2 Å². The van der Waals surface area contributed by atoms with Crippen molar-refractivity contribution >= 4 is 11.8 Å². The van der Waals surface area contributed by atoms with Gasteiger partial charge >= 0.3 is 0 Å². The highest BCUT2D eigenvalue weighted by molar-refractivity contribution is 7.99. The number of nitrogens with one attached hydrogen (secondary N) is 1. The van der Waals surface area contributed by atoms with Crippen LogP contribution in [0.4, 0.5) is 0 Å². The minimum absolute atomic E-state index is 0.656. The number of hydrogen-bond donors (Lipinski definition) is 1. The summed E-state index contributed by atoms with van der Waals surface area (Å²) in [5, 5.41) is 7.99. The van der Waals surface area contributed by atoms with Crippen LogP contribution in [0.2, 0.25) is 0 Å². The molecule has 1 saturated carbocycles. The Morgan fingerprint density at radius 1 is 1.57 bits per heavy atom. The van der Waals surface area contributed by atoms with E-state index in [0.29, 0.717) is 5.92 Å². The van der Waals surface area contributed by atoms with E-state index in [1.165, 1.54) is 12.8 Å². The summed E-state index contributed by atoms with van der Waals surface area (Å²) in [6.45, 7) is 3.55. The second-order valence-electron chi connectivity index (χ2n) is 3.32. The summed E-state index contributed by atoms with van der Waals surface area (Å²) < 4.78 is 5.24. The van der Waals surface area contributed by atoms with Crippen LogP contribution in [-0.2, 0) is 4.74 Å². The maximum Gasteiger partial charge on any atom is 0.208 e. The lowest BCUT2D eigenvalue weighted by Gasteiger charge is -1.96. The summed E-state index contributed by atoms with van der Waals surface area (Å²) in [4.78, 5) is 4.41. The molecule has 14 heavy (non-hydrogen) atoms. The highest BCUT2D eigenvalue weighted by Crippen LogP contribution is 2.38. The molecule has 78 valence electrons. The largest absolute Gasteiger partial charge is 0.381 e. The quantitative estimate of drug-likeness (QED) is 0.578. The Labute approximate surface area is 87.8 Å². The van der Waals surface area contributed by atoms with Gasteiger partial charge in [0, 0.05) is 18.3 Å². The third-order valence-corrected chi connectivity index (χ3v) is 2.92. The first-order valence-electron chi connectivity index (χ1n) is 5.03. The van der Waals surface area contributed by atoms with E-state index in [4.69, 9.17) is 4.74 Å². The van der Waals surface area contributed by atoms with Crippen molar-refractivity contribution < 1.29 is 4.74 Å². The highest BCUT2D eigenvalue weighted by Gasteiger charge is 2.27. The first kappa shape index (κ1) is 9.98. The molecule has 1 N–H and O–H groups in total. The number of aromatic nitrogens is 3. The number of hydrogen-bond acceptors (Lipinski definition) is 4. The zero-order valence-corrected chi connectivity index (χ0v) is 9.14. The van der Waals surface area contributed by atoms with Gasteiger partial charge in [-0.15, -0.1) is 5.10 Å². The van der Waals surface area contributed by atoms with Gasteiger partial charge in [0.05, 0.1) is 6.61 Å². The predicted octanol–water partition coefficient (Wildman–Crippen LogP) is 1.81. The number of thioether (sulfide) groups is 1. The Morgan fingerprint density at radius 2 is 2.43 bits per heavy atom. The summed E-state index contributed by atoms with van der Waals surface area (Å²) in [6, 6.07) is 0. The Morgan fingerprint density at radius 3 is 3.14 bits per heavy atom. The molecular weight excluding hydrogens is 198 g/mol. The Kier molecular flexibility index (Phi) is 3.42. The molecule has 1 fully saturated rings. The van der Waals surface area contributed by atoms with Gasteiger partial charge in [-0.1, -0.05) is 11.8 Å². The van der Waals surface area contributed by atoms with Gasteiger partial charge in [0.25, 0.3) is 0 Å². The van der Waals surface area contributed by atoms with Crippen LogP contribution in [-0.4, -0.2) is 34.1 Å². The Hall–Kier alpha value is -0.550. The second-order valence-corrected chi connectivity index (χ2v) is 4.38. The van der Waals surface area contributed by atoms with Crippen molar-refractivity contribution in [2.75, 3.05) is 19.0 Å². The van der Waals surface area contributed by atoms with Gasteiger partial charge in [-0.05, 0) is 19.8 Å². The van der Waals surface area contributed by atoms with E-state index in [1.807, 2.05) is 6.92 Å². The van der Waals surface area contributed by atoms with Gasteiger partial charge in [-0.3, -0.25) is 5.10 Å². The summed E-state index contributed by atoms with van der Waals surface area (Å²) >= 11 is 1.65. The molecule has 1 heterocycles. The molecule has 0 amide bonds. The zero-order valence-electron chi connectivity index (χ0n) is 8.32. The van der Waals surface area contributed by atoms with E-state index in [0.717, 1.165) is 29.9 Å². The van der Waals surface area contributed by atoms with E-state index in [9.17, 15) is 0 Å². The molecule has 1 aliphatic carbocycles. The third kappa shape index (κ3) is 2.72. The number of rotatable bonds is 6. The molecule has 1 aliphatic rings. The number of H-pyrrole nitrogens is 1. The van der Waals surface area contributed by atoms with Gasteiger partial charge in [0.2, 0.25) is 5.16 Å². The zero-order chi connectivity index (χ0) is 9.80. The molecule has 0 atom stereocenters. The number of nitrogens with zero attached hydrogens (tertiary/aromatic N) is 2. The van der Waals surface area contributed by atoms with Crippen molar-refractivity contribution in [2.45, 2.75) is 30.8 Å². The summed E-state index contributed by atoms with van der Waals surface area (Å²) in [7, 11) is 0. The fourth-order valence-electron chi connectivity index (χ4n) is 1.20. The Balaban J connectivity index is 1.72. The minimum atomic E-state index is 0.656. The van der Waals surface area contributed by atoms with E-state index >= 15 is 0 Å². The molecule has 0 aromatic carbocycles. The normalized spacial score (nSPS) is 16.1. The molecule has 0 spiro atoms. The van der Waals surface area contributed by atoms with Crippen LogP contribution in [0.5, 0.6) is 0 Å². The Bertz CT molecular complexity index is 285. The average molecular weight is 213 g/mol. The van der Waals surface area contributed by atoms with Crippen LogP contribution >= 0.6 is 11.8 Å². The van der Waals surface area contributed by atoms with E-state index < -0.39 is 0 Å². The maximum absolute atomic E-state index is 5.24. The fourth-order valence-corrected chi connectivity index (χ4v) is 1.86.